The van der Waals surface area contributed by atoms with E-state index in [9.17, 15) is 0 Å². The summed E-state index contributed by atoms with van der Waals surface area (Å²) in [5.41, 5.74) is 6.31. The molecule has 84 valence electrons. The minimum Gasteiger partial charge on any atom is -0.329 e. The fraction of sp³-hybridized carbons (Fsp3) is 1.00. The van der Waals surface area contributed by atoms with Crippen LogP contribution in [0.4, 0.5) is 0 Å². The van der Waals surface area contributed by atoms with Crippen molar-refractivity contribution in [3.8, 4) is 0 Å². The highest BCUT2D eigenvalue weighted by molar-refractivity contribution is 4.90. The van der Waals surface area contributed by atoms with Crippen molar-refractivity contribution < 1.29 is 0 Å². The zero-order valence-electron chi connectivity index (χ0n) is 9.89. The predicted molar refractivity (Wildman–Crippen MR) is 62.4 cm³/mol. The number of hydrogen-bond donors (Lipinski definition) is 1. The van der Waals surface area contributed by atoms with Gasteiger partial charge in [-0.15, -0.1) is 0 Å². The van der Waals surface area contributed by atoms with Crippen molar-refractivity contribution in [2.75, 3.05) is 20.1 Å². The SMILES string of the molecule is CCN(C)C1(CN)CCCCCCC1. The van der Waals surface area contributed by atoms with Gasteiger partial charge in [-0.2, -0.15) is 0 Å². The minimum absolute atomic E-state index is 0.315. The molecule has 0 spiro atoms. The summed E-state index contributed by atoms with van der Waals surface area (Å²) in [5, 5.41) is 0. The highest BCUT2D eigenvalue weighted by atomic mass is 15.2. The Morgan fingerprint density at radius 3 is 2.00 bits per heavy atom. The van der Waals surface area contributed by atoms with Crippen molar-refractivity contribution in [2.45, 2.75) is 57.4 Å². The molecule has 0 bridgehead atoms. The lowest BCUT2D eigenvalue weighted by atomic mass is 9.82. The molecular weight excluding hydrogens is 172 g/mol. The third-order valence-electron chi connectivity index (χ3n) is 3.95. The van der Waals surface area contributed by atoms with Gasteiger partial charge in [0.2, 0.25) is 0 Å². The van der Waals surface area contributed by atoms with E-state index in [1.54, 1.807) is 0 Å². The van der Waals surface area contributed by atoms with Crippen LogP contribution in [0.5, 0.6) is 0 Å². The molecule has 0 aromatic heterocycles. The van der Waals surface area contributed by atoms with Crippen LogP contribution in [0.3, 0.4) is 0 Å². The maximum Gasteiger partial charge on any atom is 0.0328 e. The Labute approximate surface area is 88.8 Å². The lowest BCUT2D eigenvalue weighted by Gasteiger charge is -2.42. The van der Waals surface area contributed by atoms with E-state index in [1.165, 1.54) is 44.9 Å². The first-order valence-corrected chi connectivity index (χ1v) is 6.16. The fourth-order valence-electron chi connectivity index (χ4n) is 2.64. The summed E-state index contributed by atoms with van der Waals surface area (Å²) in [5.74, 6) is 0. The normalized spacial score (nSPS) is 23.1. The van der Waals surface area contributed by atoms with Gasteiger partial charge in [0.05, 0.1) is 0 Å². The standard InChI is InChI=1S/C12H26N2/c1-3-14(2)12(11-13)9-7-5-4-6-8-10-12/h3-11,13H2,1-2H3. The van der Waals surface area contributed by atoms with E-state index in [0.717, 1.165) is 13.1 Å². The van der Waals surface area contributed by atoms with Crippen LogP contribution in [0.2, 0.25) is 0 Å². The van der Waals surface area contributed by atoms with E-state index in [4.69, 9.17) is 5.73 Å². The van der Waals surface area contributed by atoms with E-state index in [-0.39, 0.29) is 0 Å². The number of nitrogens with zero attached hydrogens (tertiary/aromatic N) is 1. The third kappa shape index (κ3) is 2.71. The van der Waals surface area contributed by atoms with Crippen LogP contribution in [0.1, 0.15) is 51.9 Å². The quantitative estimate of drug-likeness (QED) is 0.754. The van der Waals surface area contributed by atoms with Crippen LogP contribution in [0, 0.1) is 0 Å². The van der Waals surface area contributed by atoms with Crippen molar-refractivity contribution in [1.29, 1.82) is 0 Å². The Balaban J connectivity index is 2.62. The molecule has 0 aromatic rings. The van der Waals surface area contributed by atoms with E-state index >= 15 is 0 Å². The molecule has 1 fully saturated rings. The van der Waals surface area contributed by atoms with Gasteiger partial charge < -0.3 is 5.73 Å². The lowest BCUT2D eigenvalue weighted by molar-refractivity contribution is 0.0994. The van der Waals surface area contributed by atoms with E-state index in [2.05, 4.69) is 18.9 Å². The van der Waals surface area contributed by atoms with E-state index < -0.39 is 0 Å². The van der Waals surface area contributed by atoms with Crippen molar-refractivity contribution in [3.05, 3.63) is 0 Å². The molecule has 0 unspecified atom stereocenters. The van der Waals surface area contributed by atoms with Gasteiger partial charge in [0, 0.05) is 12.1 Å². The average molecular weight is 198 g/mol. The van der Waals surface area contributed by atoms with Crippen molar-refractivity contribution in [2.24, 2.45) is 5.73 Å². The molecule has 0 aliphatic heterocycles. The maximum absolute atomic E-state index is 5.99. The number of rotatable bonds is 3. The first-order valence-electron chi connectivity index (χ1n) is 6.16. The molecule has 14 heavy (non-hydrogen) atoms. The fourth-order valence-corrected chi connectivity index (χ4v) is 2.64. The Kier molecular flexibility index (Phi) is 4.90. The smallest absolute Gasteiger partial charge is 0.0328 e. The predicted octanol–water partition coefficient (Wildman–Crippen LogP) is 2.38. The first-order chi connectivity index (χ1) is 6.75. The molecule has 0 aromatic carbocycles. The van der Waals surface area contributed by atoms with Crippen LogP contribution in [-0.2, 0) is 0 Å². The zero-order chi connectivity index (χ0) is 10.4. The molecule has 2 N–H and O–H groups in total. The van der Waals surface area contributed by atoms with Crippen molar-refractivity contribution in [3.63, 3.8) is 0 Å². The first kappa shape index (κ1) is 12.0. The molecule has 2 nitrogen and oxygen atoms in total. The highest BCUT2D eigenvalue weighted by Crippen LogP contribution is 2.29. The second kappa shape index (κ2) is 5.72. The topological polar surface area (TPSA) is 29.3 Å². The Morgan fingerprint density at radius 1 is 1.07 bits per heavy atom. The van der Waals surface area contributed by atoms with Gasteiger partial charge in [-0.25, -0.2) is 0 Å². The molecule has 2 heteroatoms. The molecular formula is C12H26N2. The van der Waals surface area contributed by atoms with Gasteiger partial charge >= 0.3 is 0 Å². The summed E-state index contributed by atoms with van der Waals surface area (Å²) in [6.07, 6.45) is 9.56. The van der Waals surface area contributed by atoms with Gasteiger partial charge in [0.1, 0.15) is 0 Å². The molecule has 0 atom stereocenters. The molecule has 1 rings (SSSR count). The van der Waals surface area contributed by atoms with Gasteiger partial charge in [0.15, 0.2) is 0 Å². The van der Waals surface area contributed by atoms with Crippen molar-refractivity contribution in [1.82, 2.24) is 4.90 Å². The van der Waals surface area contributed by atoms with Gasteiger partial charge in [-0.3, -0.25) is 4.90 Å². The van der Waals surface area contributed by atoms with Crippen LogP contribution in [0.25, 0.3) is 0 Å². The molecule has 0 saturated heterocycles. The Hall–Kier alpha value is -0.0800. The van der Waals surface area contributed by atoms with Crippen molar-refractivity contribution >= 4 is 0 Å². The molecule has 0 heterocycles. The lowest BCUT2D eigenvalue weighted by Crippen LogP contribution is -2.52. The summed E-state index contributed by atoms with van der Waals surface area (Å²) >= 11 is 0. The van der Waals surface area contributed by atoms with Crippen LogP contribution < -0.4 is 5.73 Å². The molecule has 0 radical (unpaired) electrons. The van der Waals surface area contributed by atoms with E-state index in [1.807, 2.05) is 0 Å². The summed E-state index contributed by atoms with van der Waals surface area (Å²) in [6.45, 7) is 4.19. The Bertz CT molecular complexity index is 148. The summed E-state index contributed by atoms with van der Waals surface area (Å²) in [6, 6.07) is 0. The minimum atomic E-state index is 0.315. The van der Waals surface area contributed by atoms with Crippen LogP contribution in [-0.4, -0.2) is 30.6 Å². The molecule has 1 aliphatic carbocycles. The zero-order valence-corrected chi connectivity index (χ0v) is 9.89. The number of likely N-dealkylation sites (N-methyl/N-ethyl adjacent to an activating group) is 1. The van der Waals surface area contributed by atoms with Crippen LogP contribution >= 0.6 is 0 Å². The second-order valence-electron chi connectivity index (χ2n) is 4.71. The van der Waals surface area contributed by atoms with Gasteiger partial charge in [-0.1, -0.05) is 39.0 Å². The summed E-state index contributed by atoms with van der Waals surface area (Å²) in [4.78, 5) is 2.47. The molecule has 1 saturated carbocycles. The second-order valence-corrected chi connectivity index (χ2v) is 4.71. The number of hydrogen-bond acceptors (Lipinski definition) is 2. The molecule has 0 amide bonds. The Morgan fingerprint density at radius 2 is 1.57 bits per heavy atom. The summed E-state index contributed by atoms with van der Waals surface area (Å²) < 4.78 is 0. The van der Waals surface area contributed by atoms with Gasteiger partial charge in [-0.05, 0) is 26.4 Å². The monoisotopic (exact) mass is 198 g/mol. The summed E-state index contributed by atoms with van der Waals surface area (Å²) in [7, 11) is 2.23. The van der Waals surface area contributed by atoms with Gasteiger partial charge in [0.25, 0.3) is 0 Å². The maximum atomic E-state index is 5.99. The largest absolute Gasteiger partial charge is 0.329 e. The third-order valence-corrected chi connectivity index (χ3v) is 3.95. The highest BCUT2D eigenvalue weighted by Gasteiger charge is 2.31. The van der Waals surface area contributed by atoms with Crippen LogP contribution in [0.15, 0.2) is 0 Å². The van der Waals surface area contributed by atoms with E-state index in [0.29, 0.717) is 5.54 Å². The molecule has 1 aliphatic rings. The number of nitrogens with two attached hydrogens (primary N) is 1. The average Bonchev–Trinajstić information content (AvgIpc) is 2.18.